The smallest absolute Gasteiger partial charge is 0 e. The summed E-state index contributed by atoms with van der Waals surface area (Å²) in [4.78, 5) is 25.6. The maximum absolute atomic E-state index is 8.55. The Balaban J connectivity index is -0.0000000133. The fourth-order valence-corrected chi connectivity index (χ4v) is 0. The van der Waals surface area contributed by atoms with Gasteiger partial charge in [0.2, 0.25) is 0 Å². The van der Waals surface area contributed by atoms with Crippen molar-refractivity contribution < 1.29 is 51.3 Å². The third-order valence-electron chi connectivity index (χ3n) is 0. The monoisotopic (exact) mass is 335 g/mol. The summed E-state index contributed by atoms with van der Waals surface area (Å²) in [7, 11) is -5.39. The fraction of sp³-hybridized carbons (Fsp3) is 0. The van der Waals surface area contributed by atoms with Crippen LogP contribution in [-0.2, 0) is 31.1 Å². The Morgan fingerprint density at radius 3 is 1.11 bits per heavy atom. The van der Waals surface area contributed by atoms with E-state index in [4.69, 9.17) is 19.2 Å². The molecule has 0 atom stereocenters. The molecule has 53 valence electrons. The molecule has 9 heteroatoms. The van der Waals surface area contributed by atoms with Crippen molar-refractivity contribution in [2.75, 3.05) is 0 Å². The van der Waals surface area contributed by atoms with E-state index in [1.807, 2.05) is 0 Å². The summed E-state index contributed by atoms with van der Waals surface area (Å²) in [6, 6.07) is 0. The number of hydrogen-bond acceptors (Lipinski definition) is 5. The van der Waals surface area contributed by atoms with Gasteiger partial charge in [-0.25, -0.2) is 0 Å². The third-order valence-corrected chi connectivity index (χ3v) is 0. The van der Waals surface area contributed by atoms with E-state index in [-0.39, 0.29) is 61.6 Å². The van der Waals surface area contributed by atoms with Crippen LogP contribution in [0.4, 0.5) is 0 Å². The van der Waals surface area contributed by atoms with Crippen LogP contribution in [0, 0.1) is 0 Å². The van der Waals surface area contributed by atoms with Gasteiger partial charge in [-0.15, -0.1) is 0 Å². The molecule has 0 spiro atoms. The van der Waals surface area contributed by atoms with Gasteiger partial charge in [0, 0.05) is 56.1 Å². The van der Waals surface area contributed by atoms with E-state index in [0.29, 0.717) is 0 Å². The molecule has 0 rings (SSSR count). The topological polar surface area (TPSA) is 145 Å². The minimum absolute atomic E-state index is 0. The van der Waals surface area contributed by atoms with Gasteiger partial charge in [-0.05, 0) is 0 Å². The molecule has 0 bridgehead atoms. The van der Waals surface area contributed by atoms with Crippen molar-refractivity contribution in [3.8, 4) is 0 Å². The van der Waals surface area contributed by atoms with Gasteiger partial charge in [0.15, 0.2) is 0 Å². The maximum Gasteiger partial charge on any atom is 0 e. The Bertz CT molecular complexity index is 59.2. The number of phosphoric acid groups is 1. The molecule has 0 heterocycles. The summed E-state index contributed by atoms with van der Waals surface area (Å²) in [6.07, 6.45) is 0. The van der Waals surface area contributed by atoms with Gasteiger partial charge in [0.1, 0.15) is 0 Å². The Morgan fingerprint density at radius 2 is 1.11 bits per heavy atom. The summed E-state index contributed by atoms with van der Waals surface area (Å²) in [5.74, 6) is 0. The van der Waals surface area contributed by atoms with Crippen molar-refractivity contribution in [2.24, 2.45) is 0 Å². The van der Waals surface area contributed by atoms with Crippen molar-refractivity contribution >= 4 is 37.4 Å². The summed E-state index contributed by atoms with van der Waals surface area (Å²) in [5.41, 5.74) is 0. The minimum atomic E-state index is -5.39. The number of hydrogen-bond donors (Lipinski definition) is 0. The van der Waals surface area contributed by atoms with Crippen molar-refractivity contribution in [3.63, 3.8) is 0 Å². The molecule has 0 unspecified atom stereocenters. The standard InChI is InChI=1S/Na.H3O4P.H2O.O.W/c;1-5(2,3)4;;;/h;(H3,1,2,3,4);1H2;;/p-4. The quantitative estimate of drug-likeness (QED) is 0.333. The van der Waals surface area contributed by atoms with E-state index >= 15 is 0 Å². The molecule has 0 aliphatic carbocycles. The zero-order valence-electron chi connectivity index (χ0n) is 4.34. The van der Waals surface area contributed by atoms with Crippen LogP contribution in [0.15, 0.2) is 0 Å². The summed E-state index contributed by atoms with van der Waals surface area (Å²) in [5, 5.41) is 0. The summed E-state index contributed by atoms with van der Waals surface area (Å²) < 4.78 is 8.55. The molecule has 0 aliphatic heterocycles. The van der Waals surface area contributed by atoms with Gasteiger partial charge in [-0.1, -0.05) is 0 Å². The molecule has 0 aromatic rings. The van der Waals surface area contributed by atoms with Gasteiger partial charge in [-0.3, -0.25) is 0 Å². The Labute approximate surface area is 88.1 Å². The zero-order chi connectivity index (χ0) is 4.50. The summed E-state index contributed by atoms with van der Waals surface area (Å²) in [6.45, 7) is 0. The second kappa shape index (κ2) is 12.4. The average Bonchev–Trinajstić information content (AvgIpc) is 0.722. The van der Waals surface area contributed by atoms with Crippen molar-refractivity contribution in [2.45, 2.75) is 0 Å². The largest absolute Gasteiger partial charge is 0.870 e. The summed E-state index contributed by atoms with van der Waals surface area (Å²) >= 11 is 0. The predicted molar refractivity (Wildman–Crippen MR) is 16.0 cm³/mol. The van der Waals surface area contributed by atoms with Crippen molar-refractivity contribution in [1.29, 1.82) is 0 Å². The van der Waals surface area contributed by atoms with Crippen LogP contribution in [0.3, 0.4) is 0 Å². The molecule has 0 amide bonds. The van der Waals surface area contributed by atoms with E-state index < -0.39 is 7.82 Å². The Kier molecular flexibility index (Phi) is 42.7. The van der Waals surface area contributed by atoms with Crippen LogP contribution in [0.2, 0.25) is 0 Å². The van der Waals surface area contributed by atoms with E-state index in [0.717, 1.165) is 0 Å². The van der Waals surface area contributed by atoms with E-state index in [9.17, 15) is 0 Å². The maximum atomic E-state index is 8.55. The van der Waals surface area contributed by atoms with Crippen molar-refractivity contribution in [3.05, 3.63) is 0 Å². The van der Waals surface area contributed by atoms with Crippen LogP contribution >= 0.6 is 7.82 Å². The number of rotatable bonds is 0. The van der Waals surface area contributed by atoms with Gasteiger partial charge in [-0.2, -0.15) is 7.82 Å². The third kappa shape index (κ3) is 196. The molecule has 0 aromatic carbocycles. The second-order valence-corrected chi connectivity index (χ2v) is 1.34. The molecule has 9 heavy (non-hydrogen) atoms. The van der Waals surface area contributed by atoms with E-state index in [1.165, 1.54) is 0 Å². The van der Waals surface area contributed by atoms with Crippen molar-refractivity contribution in [1.82, 2.24) is 0 Å². The van der Waals surface area contributed by atoms with Gasteiger partial charge in [0.25, 0.3) is 0 Å². The first-order valence-electron chi connectivity index (χ1n) is 0.730. The first kappa shape index (κ1) is 31.0. The molecule has 3 radical (unpaired) electrons. The first-order chi connectivity index (χ1) is 2.00. The van der Waals surface area contributed by atoms with Crippen LogP contribution in [-0.4, -0.2) is 35.0 Å². The molecule has 0 aromatic heterocycles. The van der Waals surface area contributed by atoms with E-state index in [2.05, 4.69) is 0 Å². The molecule has 6 nitrogen and oxygen atoms in total. The van der Waals surface area contributed by atoms with Gasteiger partial charge in [0.05, 0.1) is 0 Å². The Hall–Kier alpha value is 1.72. The normalized spacial score (nSPS) is 6.56. The predicted octanol–water partition coefficient (Wildman–Crippen LogP) is -3.50. The van der Waals surface area contributed by atoms with Crippen LogP contribution in [0.25, 0.3) is 0 Å². The minimum Gasteiger partial charge on any atom is -0.870 e. The second-order valence-electron chi connectivity index (χ2n) is 0.447. The molecule has 0 aliphatic rings. The average molecular weight is 335 g/mol. The molecule has 1 N–H and O–H groups in total. The van der Waals surface area contributed by atoms with Gasteiger partial charge < -0.3 is 24.7 Å². The van der Waals surface area contributed by atoms with Crippen LogP contribution < -0.4 is 14.7 Å². The Morgan fingerprint density at radius 1 is 1.11 bits per heavy atom. The zero-order valence-corrected chi connectivity index (χ0v) is 10.2. The molecular formula is HNaO6PW-4. The van der Waals surface area contributed by atoms with Crippen LogP contribution in [0.5, 0.6) is 0 Å². The molecule has 0 saturated heterocycles. The SMILES string of the molecule is O=P([O-])([O-])[O-].[Na].[OH-].[O].[W]. The molecule has 0 saturated carbocycles. The molecular weight excluding hydrogens is 334 g/mol. The van der Waals surface area contributed by atoms with Gasteiger partial charge >= 0.3 is 0 Å². The molecule has 0 fully saturated rings. The van der Waals surface area contributed by atoms with Crippen LogP contribution in [0.1, 0.15) is 0 Å². The first-order valence-corrected chi connectivity index (χ1v) is 2.19. The fourth-order valence-electron chi connectivity index (χ4n) is 0. The van der Waals surface area contributed by atoms with E-state index in [1.54, 1.807) is 0 Å².